The van der Waals surface area contributed by atoms with Gasteiger partial charge in [0.1, 0.15) is 11.9 Å². The first-order valence-electron chi connectivity index (χ1n) is 9.96. The topological polar surface area (TPSA) is 32.8 Å². The molecule has 2 aliphatic heterocycles. The van der Waals surface area contributed by atoms with Crippen molar-refractivity contribution in [2.75, 3.05) is 38.2 Å². The summed E-state index contributed by atoms with van der Waals surface area (Å²) in [6.07, 6.45) is 8.11. The van der Waals surface area contributed by atoms with Crippen LogP contribution in [0.2, 0.25) is 0 Å². The molecule has 26 heavy (non-hydrogen) atoms. The molecule has 0 radical (unpaired) electrons. The summed E-state index contributed by atoms with van der Waals surface area (Å²) in [6.45, 7) is 6.32. The number of hydrogen-bond acceptors (Lipinski definition) is 4. The fraction of sp³-hybridized carbons (Fsp3) is 0.667. The van der Waals surface area contributed by atoms with Crippen LogP contribution in [0.25, 0.3) is 0 Å². The summed E-state index contributed by atoms with van der Waals surface area (Å²) in [4.78, 5) is 17.1. The van der Waals surface area contributed by atoms with Crippen LogP contribution in [0.4, 0.5) is 0 Å². The number of thioether (sulfide) groups is 1. The molecule has 1 aromatic carbocycles. The molecule has 0 N–H and O–H groups in total. The third-order valence-corrected chi connectivity index (χ3v) is 6.37. The van der Waals surface area contributed by atoms with Crippen molar-refractivity contribution in [1.82, 2.24) is 9.80 Å². The van der Waals surface area contributed by atoms with Gasteiger partial charge in [0, 0.05) is 43.5 Å². The number of carbonyl (C=O) groups excluding carboxylic acids is 1. The third kappa shape index (κ3) is 5.17. The van der Waals surface area contributed by atoms with Gasteiger partial charge in [-0.05, 0) is 69.5 Å². The molecular weight excluding hydrogens is 344 g/mol. The minimum atomic E-state index is 0.160. The fourth-order valence-electron chi connectivity index (χ4n) is 3.93. The molecule has 2 heterocycles. The summed E-state index contributed by atoms with van der Waals surface area (Å²) >= 11 is 1.92. The van der Waals surface area contributed by atoms with Gasteiger partial charge in [0.25, 0.3) is 5.91 Å². The highest BCUT2D eigenvalue weighted by Gasteiger charge is 2.24. The van der Waals surface area contributed by atoms with E-state index in [0.29, 0.717) is 6.04 Å². The van der Waals surface area contributed by atoms with Crippen molar-refractivity contribution in [3.05, 3.63) is 29.8 Å². The Hall–Kier alpha value is -1.20. The predicted molar refractivity (Wildman–Crippen MR) is 109 cm³/mol. The number of likely N-dealkylation sites (tertiary alicyclic amines) is 2. The third-order valence-electron chi connectivity index (χ3n) is 5.56. The quantitative estimate of drug-likeness (QED) is 0.754. The molecule has 0 saturated carbocycles. The maximum atomic E-state index is 12.5. The Labute approximate surface area is 162 Å². The Morgan fingerprint density at radius 1 is 1.12 bits per heavy atom. The van der Waals surface area contributed by atoms with Crippen LogP contribution in [-0.4, -0.2) is 66.0 Å². The fourth-order valence-corrected chi connectivity index (χ4v) is 4.62. The van der Waals surface area contributed by atoms with Gasteiger partial charge in [0.15, 0.2) is 0 Å². The maximum Gasteiger partial charge on any atom is 0.253 e. The number of carbonyl (C=O) groups is 1. The first-order chi connectivity index (χ1) is 12.7. The van der Waals surface area contributed by atoms with E-state index in [4.69, 9.17) is 4.74 Å². The summed E-state index contributed by atoms with van der Waals surface area (Å²) in [7, 11) is 0. The van der Waals surface area contributed by atoms with E-state index in [0.717, 1.165) is 63.2 Å². The van der Waals surface area contributed by atoms with E-state index in [-0.39, 0.29) is 12.0 Å². The molecule has 1 aromatic rings. The van der Waals surface area contributed by atoms with E-state index in [2.05, 4.69) is 18.1 Å². The Balaban J connectivity index is 1.48. The Bertz CT molecular complexity index is 564. The summed E-state index contributed by atoms with van der Waals surface area (Å²) in [5.41, 5.74) is 0.778. The van der Waals surface area contributed by atoms with E-state index in [1.54, 1.807) is 0 Å². The highest BCUT2D eigenvalue weighted by atomic mass is 32.2. The molecule has 2 fully saturated rings. The Morgan fingerprint density at radius 2 is 1.77 bits per heavy atom. The molecule has 0 aliphatic carbocycles. The lowest BCUT2D eigenvalue weighted by atomic mass is 10.1. The van der Waals surface area contributed by atoms with Crippen LogP contribution in [0, 0.1) is 0 Å². The van der Waals surface area contributed by atoms with Gasteiger partial charge in [-0.3, -0.25) is 9.69 Å². The first-order valence-corrected chi connectivity index (χ1v) is 11.4. The minimum absolute atomic E-state index is 0.160. The number of ether oxygens (including phenoxy) is 1. The van der Waals surface area contributed by atoms with Crippen molar-refractivity contribution >= 4 is 17.7 Å². The standard InChI is InChI=1S/C21H32N2O2S/c1-17(16-26-2)22-14-10-20(11-15-22)25-19-8-6-18(7-9-19)21(24)23-12-4-3-5-13-23/h6-9,17,20H,3-5,10-16H2,1-2H3. The molecular formula is C21H32N2O2S. The van der Waals surface area contributed by atoms with Crippen LogP contribution in [0.5, 0.6) is 5.75 Å². The van der Waals surface area contributed by atoms with Crippen molar-refractivity contribution in [2.45, 2.75) is 51.2 Å². The molecule has 4 nitrogen and oxygen atoms in total. The second-order valence-corrected chi connectivity index (χ2v) is 8.45. The van der Waals surface area contributed by atoms with Gasteiger partial charge in [-0.25, -0.2) is 0 Å². The van der Waals surface area contributed by atoms with E-state index in [1.165, 1.54) is 12.2 Å². The molecule has 0 bridgehead atoms. The molecule has 2 aliphatic rings. The van der Waals surface area contributed by atoms with Crippen molar-refractivity contribution < 1.29 is 9.53 Å². The van der Waals surface area contributed by atoms with Crippen molar-refractivity contribution in [3.63, 3.8) is 0 Å². The smallest absolute Gasteiger partial charge is 0.253 e. The summed E-state index contributed by atoms with van der Waals surface area (Å²) in [5.74, 6) is 2.24. The predicted octanol–water partition coefficient (Wildman–Crippen LogP) is 3.91. The SMILES string of the molecule is CSCC(C)N1CCC(Oc2ccc(C(=O)N3CCCCC3)cc2)CC1. The highest BCUT2D eigenvalue weighted by molar-refractivity contribution is 7.98. The molecule has 1 unspecified atom stereocenters. The van der Waals surface area contributed by atoms with E-state index >= 15 is 0 Å². The van der Waals surface area contributed by atoms with Gasteiger partial charge < -0.3 is 9.64 Å². The number of amides is 1. The lowest BCUT2D eigenvalue weighted by molar-refractivity contribution is 0.0724. The van der Waals surface area contributed by atoms with E-state index in [1.807, 2.05) is 40.9 Å². The second-order valence-electron chi connectivity index (χ2n) is 7.53. The number of piperidine rings is 2. The second kappa shape index (κ2) is 9.65. The van der Waals surface area contributed by atoms with Crippen LogP contribution in [-0.2, 0) is 0 Å². The van der Waals surface area contributed by atoms with Gasteiger partial charge in [-0.15, -0.1) is 0 Å². The largest absolute Gasteiger partial charge is 0.490 e. The van der Waals surface area contributed by atoms with E-state index < -0.39 is 0 Å². The molecule has 3 rings (SSSR count). The minimum Gasteiger partial charge on any atom is -0.490 e. The normalized spacial score (nSPS) is 20.8. The summed E-state index contributed by atoms with van der Waals surface area (Å²) in [6, 6.07) is 8.40. The molecule has 5 heteroatoms. The first kappa shape index (κ1) is 19.6. The van der Waals surface area contributed by atoms with Crippen molar-refractivity contribution in [1.29, 1.82) is 0 Å². The zero-order valence-corrected chi connectivity index (χ0v) is 17.0. The van der Waals surface area contributed by atoms with Gasteiger partial charge >= 0.3 is 0 Å². The number of hydrogen-bond donors (Lipinski definition) is 0. The molecule has 0 spiro atoms. The highest BCUT2D eigenvalue weighted by Crippen LogP contribution is 2.22. The van der Waals surface area contributed by atoms with Crippen molar-refractivity contribution in [2.24, 2.45) is 0 Å². The van der Waals surface area contributed by atoms with Crippen molar-refractivity contribution in [3.8, 4) is 5.75 Å². The van der Waals surface area contributed by atoms with Crippen LogP contribution in [0.1, 0.15) is 49.4 Å². The number of benzene rings is 1. The van der Waals surface area contributed by atoms with Crippen LogP contribution in [0.3, 0.4) is 0 Å². The zero-order valence-electron chi connectivity index (χ0n) is 16.2. The number of rotatable bonds is 6. The number of nitrogens with zero attached hydrogens (tertiary/aromatic N) is 2. The van der Waals surface area contributed by atoms with Crippen LogP contribution >= 0.6 is 11.8 Å². The summed E-state index contributed by atoms with van der Waals surface area (Å²) < 4.78 is 6.17. The Kier molecular flexibility index (Phi) is 7.26. The molecule has 1 atom stereocenters. The molecule has 144 valence electrons. The van der Waals surface area contributed by atoms with Crippen LogP contribution in [0.15, 0.2) is 24.3 Å². The van der Waals surface area contributed by atoms with Gasteiger partial charge in [-0.1, -0.05) is 0 Å². The molecule has 0 aromatic heterocycles. The summed E-state index contributed by atoms with van der Waals surface area (Å²) in [5, 5.41) is 0. The van der Waals surface area contributed by atoms with Gasteiger partial charge in [0.05, 0.1) is 0 Å². The lowest BCUT2D eigenvalue weighted by Crippen LogP contribution is -2.43. The Morgan fingerprint density at radius 3 is 2.38 bits per heavy atom. The average Bonchev–Trinajstić information content (AvgIpc) is 2.69. The maximum absolute atomic E-state index is 12.5. The van der Waals surface area contributed by atoms with Crippen LogP contribution < -0.4 is 4.74 Å². The molecule has 1 amide bonds. The molecule has 2 saturated heterocycles. The van der Waals surface area contributed by atoms with Gasteiger partial charge in [0.2, 0.25) is 0 Å². The van der Waals surface area contributed by atoms with E-state index in [9.17, 15) is 4.79 Å². The monoisotopic (exact) mass is 376 g/mol. The van der Waals surface area contributed by atoms with Gasteiger partial charge in [-0.2, -0.15) is 11.8 Å². The zero-order chi connectivity index (χ0) is 18.4. The lowest BCUT2D eigenvalue weighted by Gasteiger charge is -2.35. The average molecular weight is 377 g/mol.